The molecular formula is C15H11BrCl2N2O6S. The fraction of sp³-hybridized carbons (Fsp3) is 0.0667. The maximum atomic E-state index is 12.0. The fourth-order valence-corrected chi connectivity index (χ4v) is 3.53. The third kappa shape index (κ3) is 5.56. The Morgan fingerprint density at radius 3 is 2.33 bits per heavy atom. The molecule has 2 rings (SSSR count). The number of hydrogen-bond donors (Lipinski definition) is 3. The highest BCUT2D eigenvalue weighted by Crippen LogP contribution is 2.33. The molecule has 0 saturated heterocycles. The Hall–Kier alpha value is -1.85. The topological polar surface area (TPSA) is 136 Å². The number of carbonyl (C=O) groups excluding carboxylic acids is 2. The highest BCUT2D eigenvalue weighted by Gasteiger charge is 2.18. The van der Waals surface area contributed by atoms with Crippen molar-refractivity contribution in [2.24, 2.45) is 5.14 Å². The van der Waals surface area contributed by atoms with E-state index in [1.807, 2.05) is 0 Å². The minimum absolute atomic E-state index is 0.0721. The average molecular weight is 498 g/mol. The Labute approximate surface area is 172 Å². The summed E-state index contributed by atoms with van der Waals surface area (Å²) in [5.74, 6) is -2.02. The highest BCUT2D eigenvalue weighted by molar-refractivity contribution is 9.10. The van der Waals surface area contributed by atoms with Crippen LogP contribution in [0.1, 0.15) is 10.4 Å². The van der Waals surface area contributed by atoms with Crippen LogP contribution in [0.3, 0.4) is 0 Å². The second-order valence-corrected chi connectivity index (χ2v) is 8.38. The zero-order valence-electron chi connectivity index (χ0n) is 13.2. The van der Waals surface area contributed by atoms with Crippen LogP contribution < -0.4 is 10.5 Å². The van der Waals surface area contributed by atoms with Crippen LogP contribution >= 0.6 is 39.1 Å². The molecule has 0 bridgehead atoms. The van der Waals surface area contributed by atoms with Crippen LogP contribution in [0, 0.1) is 0 Å². The van der Waals surface area contributed by atoms with E-state index in [-0.39, 0.29) is 31.9 Å². The van der Waals surface area contributed by atoms with Crippen molar-refractivity contribution in [3.8, 4) is 5.75 Å². The van der Waals surface area contributed by atoms with E-state index in [1.54, 1.807) is 0 Å². The van der Waals surface area contributed by atoms with Crippen molar-refractivity contribution in [1.82, 2.24) is 0 Å². The molecule has 0 fully saturated rings. The van der Waals surface area contributed by atoms with Gasteiger partial charge in [-0.1, -0.05) is 39.1 Å². The molecular weight excluding hydrogens is 487 g/mol. The minimum atomic E-state index is -4.03. The van der Waals surface area contributed by atoms with Gasteiger partial charge in [-0.3, -0.25) is 4.79 Å². The molecule has 12 heteroatoms. The van der Waals surface area contributed by atoms with Crippen molar-refractivity contribution in [3.63, 3.8) is 0 Å². The number of phenolic OH excluding ortho intramolecular Hbond substituents is 1. The van der Waals surface area contributed by atoms with Gasteiger partial charge in [-0.05, 0) is 30.3 Å². The summed E-state index contributed by atoms with van der Waals surface area (Å²) in [4.78, 5) is 23.6. The van der Waals surface area contributed by atoms with E-state index in [1.165, 1.54) is 18.2 Å². The first-order valence-electron chi connectivity index (χ1n) is 6.96. The van der Waals surface area contributed by atoms with Crippen molar-refractivity contribution < 1.29 is 27.9 Å². The first kappa shape index (κ1) is 21.5. The number of primary sulfonamides is 1. The number of hydrogen-bond acceptors (Lipinski definition) is 6. The lowest BCUT2D eigenvalue weighted by Crippen LogP contribution is -2.21. The van der Waals surface area contributed by atoms with Gasteiger partial charge >= 0.3 is 5.97 Å². The van der Waals surface area contributed by atoms with Gasteiger partial charge < -0.3 is 15.2 Å². The molecule has 8 nitrogen and oxygen atoms in total. The Bertz CT molecular complexity index is 1010. The maximum absolute atomic E-state index is 12.0. The molecule has 0 saturated carbocycles. The first-order chi connectivity index (χ1) is 12.5. The minimum Gasteiger partial charge on any atom is -0.507 e. The second-order valence-electron chi connectivity index (χ2n) is 5.09. The van der Waals surface area contributed by atoms with Gasteiger partial charge in [0.15, 0.2) is 6.61 Å². The smallest absolute Gasteiger partial charge is 0.342 e. The van der Waals surface area contributed by atoms with E-state index in [0.717, 1.165) is 12.1 Å². The summed E-state index contributed by atoms with van der Waals surface area (Å²) >= 11 is 15.0. The van der Waals surface area contributed by atoms with Crippen molar-refractivity contribution in [2.45, 2.75) is 4.90 Å². The highest BCUT2D eigenvalue weighted by atomic mass is 79.9. The molecule has 2 aromatic carbocycles. The Morgan fingerprint density at radius 1 is 1.19 bits per heavy atom. The van der Waals surface area contributed by atoms with E-state index in [0.29, 0.717) is 4.47 Å². The molecule has 2 aromatic rings. The molecule has 1 amide bonds. The molecule has 0 spiro atoms. The molecule has 0 heterocycles. The zero-order valence-corrected chi connectivity index (χ0v) is 17.1. The average Bonchev–Trinajstić information content (AvgIpc) is 2.57. The number of sulfonamides is 1. The normalized spacial score (nSPS) is 11.1. The lowest BCUT2D eigenvalue weighted by atomic mass is 10.2. The number of phenols is 1. The second kappa shape index (κ2) is 8.44. The number of aromatic hydroxyl groups is 1. The summed E-state index contributed by atoms with van der Waals surface area (Å²) in [6, 6.07) is 6.17. The molecule has 0 aliphatic carbocycles. The molecule has 0 aliphatic heterocycles. The molecule has 27 heavy (non-hydrogen) atoms. The summed E-state index contributed by atoms with van der Waals surface area (Å²) in [5, 5.41) is 16.6. The number of ether oxygens (including phenoxy) is 1. The Kier molecular flexibility index (Phi) is 6.71. The van der Waals surface area contributed by atoms with Crippen LogP contribution in [0.15, 0.2) is 39.7 Å². The molecule has 0 unspecified atom stereocenters. The molecule has 0 aromatic heterocycles. The largest absolute Gasteiger partial charge is 0.507 e. The number of amides is 1. The number of benzene rings is 2. The standard InChI is InChI=1S/C15H11BrCl2N2O6S/c16-7-1-2-12(21)9(3-7)15(23)26-6-13(22)20-14-10(17)4-8(5-11(14)18)27(19,24)25/h1-5,21H,6H2,(H,20,22)(H2,19,24,25). The summed E-state index contributed by atoms with van der Waals surface area (Å²) in [6.07, 6.45) is 0. The molecule has 0 aliphatic rings. The van der Waals surface area contributed by atoms with Crippen LogP contribution in [0.25, 0.3) is 0 Å². The number of rotatable bonds is 5. The lowest BCUT2D eigenvalue weighted by molar-refractivity contribution is -0.119. The van der Waals surface area contributed by atoms with Gasteiger partial charge in [0.2, 0.25) is 10.0 Å². The molecule has 4 N–H and O–H groups in total. The van der Waals surface area contributed by atoms with E-state index in [4.69, 9.17) is 33.1 Å². The van der Waals surface area contributed by atoms with E-state index in [9.17, 15) is 23.1 Å². The fourth-order valence-electron chi connectivity index (χ4n) is 1.89. The van der Waals surface area contributed by atoms with Crippen molar-refractivity contribution >= 4 is 66.7 Å². The first-order valence-corrected chi connectivity index (χ1v) is 10.1. The number of nitrogens with one attached hydrogen (secondary N) is 1. The maximum Gasteiger partial charge on any atom is 0.342 e. The predicted octanol–water partition coefficient (Wildman–Crippen LogP) is 2.90. The number of anilines is 1. The molecule has 0 atom stereocenters. The number of nitrogens with two attached hydrogens (primary N) is 1. The summed E-state index contributed by atoms with van der Waals surface area (Å²) in [6.45, 7) is -0.700. The van der Waals surface area contributed by atoms with Gasteiger partial charge in [-0.15, -0.1) is 0 Å². The lowest BCUT2D eigenvalue weighted by Gasteiger charge is -2.11. The molecule has 0 radical (unpaired) electrons. The van der Waals surface area contributed by atoms with Gasteiger partial charge in [-0.25, -0.2) is 18.4 Å². The van der Waals surface area contributed by atoms with Gasteiger partial charge in [0.05, 0.1) is 20.6 Å². The van der Waals surface area contributed by atoms with Crippen LogP contribution in [0.5, 0.6) is 5.75 Å². The van der Waals surface area contributed by atoms with Crippen LogP contribution in [0.2, 0.25) is 10.0 Å². The summed E-state index contributed by atoms with van der Waals surface area (Å²) in [7, 11) is -4.03. The van der Waals surface area contributed by atoms with Crippen LogP contribution in [0.4, 0.5) is 5.69 Å². The third-order valence-electron chi connectivity index (χ3n) is 3.12. The quantitative estimate of drug-likeness (QED) is 0.543. The van der Waals surface area contributed by atoms with E-state index < -0.39 is 28.5 Å². The summed E-state index contributed by atoms with van der Waals surface area (Å²) in [5.41, 5.74) is -0.206. The zero-order chi connectivity index (χ0) is 20.4. The molecule has 144 valence electrons. The Morgan fingerprint density at radius 2 is 1.78 bits per heavy atom. The van der Waals surface area contributed by atoms with Gasteiger partial charge in [0, 0.05) is 4.47 Å². The monoisotopic (exact) mass is 496 g/mol. The van der Waals surface area contributed by atoms with Crippen LogP contribution in [-0.2, 0) is 19.6 Å². The van der Waals surface area contributed by atoms with Gasteiger partial charge in [-0.2, -0.15) is 0 Å². The summed E-state index contributed by atoms with van der Waals surface area (Å²) < 4.78 is 28.0. The third-order valence-corrected chi connectivity index (χ3v) is 5.10. The van der Waals surface area contributed by atoms with E-state index in [2.05, 4.69) is 21.2 Å². The van der Waals surface area contributed by atoms with Crippen molar-refractivity contribution in [1.29, 1.82) is 0 Å². The van der Waals surface area contributed by atoms with Crippen LogP contribution in [-0.4, -0.2) is 32.0 Å². The van der Waals surface area contributed by atoms with Crippen molar-refractivity contribution in [2.75, 3.05) is 11.9 Å². The Balaban J connectivity index is 2.08. The van der Waals surface area contributed by atoms with E-state index >= 15 is 0 Å². The number of halogens is 3. The van der Waals surface area contributed by atoms with Gasteiger partial charge in [0.25, 0.3) is 5.91 Å². The van der Waals surface area contributed by atoms with Gasteiger partial charge in [0.1, 0.15) is 11.3 Å². The number of carbonyl (C=O) groups is 2. The number of esters is 1. The predicted molar refractivity (Wildman–Crippen MR) is 103 cm³/mol. The SMILES string of the molecule is NS(=O)(=O)c1cc(Cl)c(NC(=O)COC(=O)c2cc(Br)ccc2O)c(Cl)c1. The van der Waals surface area contributed by atoms with Crippen molar-refractivity contribution in [3.05, 3.63) is 50.4 Å².